The van der Waals surface area contributed by atoms with Crippen LogP contribution in [0.25, 0.3) is 21.5 Å². The molecule has 3 aromatic rings. The first-order chi connectivity index (χ1) is 8.66. The van der Waals surface area contributed by atoms with Crippen LogP contribution in [-0.2, 0) is 0 Å². The summed E-state index contributed by atoms with van der Waals surface area (Å²) in [6.07, 6.45) is 0. The van der Waals surface area contributed by atoms with E-state index in [0.717, 1.165) is 21.5 Å². The summed E-state index contributed by atoms with van der Waals surface area (Å²) in [6.45, 7) is 4.37. The van der Waals surface area contributed by atoms with Crippen LogP contribution in [0.3, 0.4) is 0 Å². The highest BCUT2D eigenvalue weighted by Crippen LogP contribution is 2.34. The standard InChI is InChI=1S/C17H16O/c1-11(2)12-7-8-16-14(9-12)10-13-5-3-4-6-15(13)17(16)18/h3-11,18H,1-2H3. The fourth-order valence-corrected chi connectivity index (χ4v) is 2.43. The number of phenolic OH excluding ortho intramolecular Hbond substituents is 1. The van der Waals surface area contributed by atoms with Crippen LogP contribution in [0.2, 0.25) is 0 Å². The van der Waals surface area contributed by atoms with Gasteiger partial charge in [-0.1, -0.05) is 56.3 Å². The number of benzene rings is 3. The molecule has 0 aromatic heterocycles. The fraction of sp³-hybridized carbons (Fsp3) is 0.176. The molecule has 3 aromatic carbocycles. The number of hydrogen-bond donors (Lipinski definition) is 1. The minimum Gasteiger partial charge on any atom is -0.507 e. The van der Waals surface area contributed by atoms with Crippen molar-refractivity contribution in [2.45, 2.75) is 19.8 Å². The van der Waals surface area contributed by atoms with Gasteiger partial charge >= 0.3 is 0 Å². The third kappa shape index (κ3) is 1.63. The van der Waals surface area contributed by atoms with Gasteiger partial charge in [0, 0.05) is 10.8 Å². The first kappa shape index (κ1) is 11.1. The van der Waals surface area contributed by atoms with E-state index in [1.165, 1.54) is 5.56 Å². The smallest absolute Gasteiger partial charge is 0.131 e. The molecule has 0 aliphatic rings. The molecular formula is C17H16O. The second kappa shape index (κ2) is 4.02. The van der Waals surface area contributed by atoms with Crippen LogP contribution in [0.5, 0.6) is 5.75 Å². The van der Waals surface area contributed by atoms with Gasteiger partial charge in [0.1, 0.15) is 5.75 Å². The number of phenols is 1. The Labute approximate surface area is 107 Å². The molecule has 1 heteroatoms. The van der Waals surface area contributed by atoms with E-state index in [9.17, 15) is 5.11 Å². The molecule has 0 fully saturated rings. The second-order valence-electron chi connectivity index (χ2n) is 5.08. The van der Waals surface area contributed by atoms with Gasteiger partial charge in [0.15, 0.2) is 0 Å². The molecule has 0 saturated carbocycles. The Morgan fingerprint density at radius 3 is 2.33 bits per heavy atom. The van der Waals surface area contributed by atoms with Crippen molar-refractivity contribution in [3.63, 3.8) is 0 Å². The lowest BCUT2D eigenvalue weighted by atomic mass is 9.96. The third-order valence-corrected chi connectivity index (χ3v) is 3.52. The predicted octanol–water partition coefficient (Wildman–Crippen LogP) is 4.82. The van der Waals surface area contributed by atoms with Gasteiger partial charge in [0.05, 0.1) is 0 Å². The summed E-state index contributed by atoms with van der Waals surface area (Å²) in [5, 5.41) is 14.4. The molecule has 0 saturated heterocycles. The average Bonchev–Trinajstić information content (AvgIpc) is 2.38. The van der Waals surface area contributed by atoms with E-state index in [4.69, 9.17) is 0 Å². The van der Waals surface area contributed by atoms with E-state index < -0.39 is 0 Å². The Balaban J connectivity index is 2.40. The average molecular weight is 236 g/mol. The van der Waals surface area contributed by atoms with Gasteiger partial charge in [-0.25, -0.2) is 0 Å². The lowest BCUT2D eigenvalue weighted by molar-refractivity contribution is 0.488. The molecule has 0 unspecified atom stereocenters. The molecular weight excluding hydrogens is 220 g/mol. The lowest BCUT2D eigenvalue weighted by Gasteiger charge is -2.10. The van der Waals surface area contributed by atoms with Crippen LogP contribution in [-0.4, -0.2) is 5.11 Å². The van der Waals surface area contributed by atoms with E-state index in [1.807, 2.05) is 30.3 Å². The quantitative estimate of drug-likeness (QED) is 0.600. The summed E-state index contributed by atoms with van der Waals surface area (Å²) < 4.78 is 0. The van der Waals surface area contributed by atoms with Crippen molar-refractivity contribution < 1.29 is 5.11 Å². The summed E-state index contributed by atoms with van der Waals surface area (Å²) in [5.74, 6) is 0.890. The highest BCUT2D eigenvalue weighted by molar-refractivity contribution is 6.05. The molecule has 18 heavy (non-hydrogen) atoms. The van der Waals surface area contributed by atoms with Crippen molar-refractivity contribution >= 4 is 21.5 Å². The van der Waals surface area contributed by atoms with E-state index in [0.29, 0.717) is 11.7 Å². The summed E-state index contributed by atoms with van der Waals surface area (Å²) >= 11 is 0. The van der Waals surface area contributed by atoms with Crippen LogP contribution in [0.4, 0.5) is 0 Å². The van der Waals surface area contributed by atoms with Crippen molar-refractivity contribution in [2.24, 2.45) is 0 Å². The molecule has 0 atom stereocenters. The summed E-state index contributed by atoms with van der Waals surface area (Å²) in [6, 6.07) is 16.4. The zero-order valence-corrected chi connectivity index (χ0v) is 10.6. The number of rotatable bonds is 1. The van der Waals surface area contributed by atoms with Gasteiger partial charge in [-0.15, -0.1) is 0 Å². The molecule has 0 radical (unpaired) electrons. The predicted molar refractivity (Wildman–Crippen MR) is 77.2 cm³/mol. The van der Waals surface area contributed by atoms with Crippen LogP contribution in [0.15, 0.2) is 48.5 Å². The molecule has 0 aliphatic carbocycles. The maximum Gasteiger partial charge on any atom is 0.131 e. The maximum absolute atomic E-state index is 10.3. The molecule has 0 heterocycles. The van der Waals surface area contributed by atoms with Gasteiger partial charge in [0.2, 0.25) is 0 Å². The number of hydrogen-bond acceptors (Lipinski definition) is 1. The third-order valence-electron chi connectivity index (χ3n) is 3.52. The second-order valence-corrected chi connectivity index (χ2v) is 5.08. The molecule has 1 nitrogen and oxygen atoms in total. The van der Waals surface area contributed by atoms with Crippen molar-refractivity contribution in [2.75, 3.05) is 0 Å². The van der Waals surface area contributed by atoms with Gasteiger partial charge in [-0.05, 0) is 28.3 Å². The van der Waals surface area contributed by atoms with Gasteiger partial charge in [0.25, 0.3) is 0 Å². The largest absolute Gasteiger partial charge is 0.507 e. The van der Waals surface area contributed by atoms with Crippen LogP contribution in [0.1, 0.15) is 25.3 Å². The zero-order chi connectivity index (χ0) is 12.7. The van der Waals surface area contributed by atoms with E-state index in [-0.39, 0.29) is 0 Å². The molecule has 1 N–H and O–H groups in total. The minimum absolute atomic E-state index is 0.387. The number of fused-ring (bicyclic) bond motifs is 2. The molecule has 90 valence electrons. The van der Waals surface area contributed by atoms with Gasteiger partial charge in [-0.2, -0.15) is 0 Å². The summed E-state index contributed by atoms with van der Waals surface area (Å²) in [7, 11) is 0. The van der Waals surface area contributed by atoms with Crippen LogP contribution >= 0.6 is 0 Å². The Hall–Kier alpha value is -2.02. The first-order valence-electron chi connectivity index (χ1n) is 6.31. The summed E-state index contributed by atoms with van der Waals surface area (Å²) in [4.78, 5) is 0. The summed E-state index contributed by atoms with van der Waals surface area (Å²) in [5.41, 5.74) is 1.30. The lowest BCUT2D eigenvalue weighted by Crippen LogP contribution is -1.87. The first-order valence-corrected chi connectivity index (χ1v) is 6.31. The van der Waals surface area contributed by atoms with Crippen molar-refractivity contribution in [3.05, 3.63) is 54.1 Å². The van der Waals surface area contributed by atoms with E-state index in [2.05, 4.69) is 32.0 Å². The zero-order valence-electron chi connectivity index (χ0n) is 10.6. The SMILES string of the molecule is CC(C)c1ccc2c(O)c3ccccc3cc2c1. The van der Waals surface area contributed by atoms with Crippen molar-refractivity contribution in [1.29, 1.82) is 0 Å². The highest BCUT2D eigenvalue weighted by Gasteiger charge is 2.07. The van der Waals surface area contributed by atoms with Crippen molar-refractivity contribution in [1.82, 2.24) is 0 Å². The Bertz CT molecular complexity index is 726. The Morgan fingerprint density at radius 1 is 0.833 bits per heavy atom. The molecule has 0 spiro atoms. The molecule has 3 rings (SSSR count). The van der Waals surface area contributed by atoms with Gasteiger partial charge < -0.3 is 5.11 Å². The monoisotopic (exact) mass is 236 g/mol. The van der Waals surface area contributed by atoms with Crippen LogP contribution in [0, 0.1) is 0 Å². The van der Waals surface area contributed by atoms with Crippen molar-refractivity contribution in [3.8, 4) is 5.75 Å². The normalized spacial score (nSPS) is 11.5. The highest BCUT2D eigenvalue weighted by atomic mass is 16.3. The van der Waals surface area contributed by atoms with Crippen LogP contribution < -0.4 is 0 Å². The fourth-order valence-electron chi connectivity index (χ4n) is 2.43. The van der Waals surface area contributed by atoms with Gasteiger partial charge in [-0.3, -0.25) is 0 Å². The Kier molecular flexibility index (Phi) is 2.48. The minimum atomic E-state index is 0.387. The number of aromatic hydroxyl groups is 1. The maximum atomic E-state index is 10.3. The molecule has 0 aliphatic heterocycles. The molecule has 0 amide bonds. The van der Waals surface area contributed by atoms with E-state index >= 15 is 0 Å². The topological polar surface area (TPSA) is 20.2 Å². The Morgan fingerprint density at radius 2 is 1.56 bits per heavy atom. The molecule has 0 bridgehead atoms. The van der Waals surface area contributed by atoms with E-state index in [1.54, 1.807) is 0 Å².